The number of carboxylic acids is 1. The highest BCUT2D eigenvalue weighted by atomic mass is 35.5. The van der Waals surface area contributed by atoms with E-state index >= 15 is 0 Å². The topological polar surface area (TPSA) is 58.6 Å². The fourth-order valence-corrected chi connectivity index (χ4v) is 1.24. The minimum atomic E-state index is -0.929. The van der Waals surface area contributed by atoms with Crippen LogP contribution in [0.4, 0.5) is 0 Å². The van der Waals surface area contributed by atoms with Crippen molar-refractivity contribution in [3.8, 4) is 5.75 Å². The van der Waals surface area contributed by atoms with Gasteiger partial charge in [-0.05, 0) is 18.2 Å². The van der Waals surface area contributed by atoms with E-state index in [0.717, 1.165) is 13.1 Å². The van der Waals surface area contributed by atoms with Crippen molar-refractivity contribution in [1.29, 1.82) is 0 Å². The molecule has 0 unspecified atom stereocenters. The molecule has 1 aromatic rings. The summed E-state index contributed by atoms with van der Waals surface area (Å²) in [7, 11) is 0. The first-order valence-electron chi connectivity index (χ1n) is 4.46. The van der Waals surface area contributed by atoms with Gasteiger partial charge < -0.3 is 15.2 Å². The Morgan fingerprint density at radius 1 is 1.47 bits per heavy atom. The normalized spacial score (nSPS) is 14.9. The Hall–Kier alpha value is -1.26. The van der Waals surface area contributed by atoms with Gasteiger partial charge in [0.15, 0.2) is 0 Å². The Labute approximate surface area is 93.7 Å². The summed E-state index contributed by atoms with van der Waals surface area (Å²) in [6.07, 6.45) is 0.180. The molecule has 2 N–H and O–H groups in total. The van der Waals surface area contributed by atoms with Gasteiger partial charge in [0.05, 0.1) is 5.56 Å². The van der Waals surface area contributed by atoms with Gasteiger partial charge in [-0.3, -0.25) is 0 Å². The van der Waals surface area contributed by atoms with E-state index in [4.69, 9.17) is 9.84 Å². The van der Waals surface area contributed by atoms with Crippen LogP contribution in [0, 0.1) is 0 Å². The van der Waals surface area contributed by atoms with E-state index in [1.807, 2.05) is 0 Å². The first-order valence-corrected chi connectivity index (χ1v) is 4.46. The van der Waals surface area contributed by atoms with Crippen molar-refractivity contribution in [3.63, 3.8) is 0 Å². The average molecular weight is 230 g/mol. The predicted octanol–water partition coefficient (Wildman–Crippen LogP) is 1.16. The van der Waals surface area contributed by atoms with E-state index in [0.29, 0.717) is 5.75 Å². The van der Waals surface area contributed by atoms with Crippen LogP contribution in [0.3, 0.4) is 0 Å². The highest BCUT2D eigenvalue weighted by molar-refractivity contribution is 5.88. The number of ether oxygens (including phenoxy) is 1. The molecule has 2 rings (SSSR count). The van der Waals surface area contributed by atoms with Crippen molar-refractivity contribution < 1.29 is 14.6 Å². The number of hydrogen-bond acceptors (Lipinski definition) is 3. The van der Waals surface area contributed by atoms with E-state index in [2.05, 4.69) is 5.32 Å². The van der Waals surface area contributed by atoms with Crippen LogP contribution in [-0.4, -0.2) is 30.3 Å². The molecule has 0 bridgehead atoms. The fraction of sp³-hybridized carbons (Fsp3) is 0.300. The number of carbonyl (C=O) groups is 1. The molecular weight excluding hydrogens is 218 g/mol. The van der Waals surface area contributed by atoms with Crippen LogP contribution in [-0.2, 0) is 0 Å². The maximum absolute atomic E-state index is 10.7. The Kier molecular flexibility index (Phi) is 3.94. The van der Waals surface area contributed by atoms with Crippen molar-refractivity contribution in [2.75, 3.05) is 13.1 Å². The summed E-state index contributed by atoms with van der Waals surface area (Å²) in [5.41, 5.74) is 0.259. The van der Waals surface area contributed by atoms with E-state index < -0.39 is 5.97 Å². The van der Waals surface area contributed by atoms with Gasteiger partial charge >= 0.3 is 5.97 Å². The van der Waals surface area contributed by atoms with Gasteiger partial charge in [-0.1, -0.05) is 6.07 Å². The van der Waals surface area contributed by atoms with Gasteiger partial charge in [0.1, 0.15) is 11.9 Å². The Morgan fingerprint density at radius 2 is 2.20 bits per heavy atom. The highest BCUT2D eigenvalue weighted by Gasteiger charge is 2.18. The third kappa shape index (κ3) is 2.84. The van der Waals surface area contributed by atoms with Crippen LogP contribution in [0.2, 0.25) is 0 Å². The molecule has 15 heavy (non-hydrogen) atoms. The van der Waals surface area contributed by atoms with Gasteiger partial charge in [0.25, 0.3) is 0 Å². The molecule has 1 aliphatic rings. The Morgan fingerprint density at radius 3 is 2.73 bits per heavy atom. The number of aromatic carboxylic acids is 1. The number of nitrogens with one attached hydrogen (secondary N) is 1. The number of hydrogen-bond donors (Lipinski definition) is 2. The largest absolute Gasteiger partial charge is 0.488 e. The third-order valence-corrected chi connectivity index (χ3v) is 2.13. The van der Waals surface area contributed by atoms with Crippen LogP contribution in [0.5, 0.6) is 5.75 Å². The SMILES string of the molecule is Cl.O=C(O)c1cccc(OC2CNC2)c1. The Bertz CT molecular complexity index is 352. The van der Waals surface area contributed by atoms with Crippen LogP contribution in [0.15, 0.2) is 24.3 Å². The van der Waals surface area contributed by atoms with Crippen molar-refractivity contribution in [3.05, 3.63) is 29.8 Å². The Balaban J connectivity index is 0.00000112. The standard InChI is InChI=1S/C10H11NO3.ClH/c12-10(13)7-2-1-3-8(4-7)14-9-5-11-6-9;/h1-4,9,11H,5-6H2,(H,12,13);1H. The zero-order chi connectivity index (χ0) is 9.97. The molecule has 0 spiro atoms. The molecule has 1 aromatic carbocycles. The average Bonchev–Trinajstić information content (AvgIpc) is 2.12. The summed E-state index contributed by atoms with van der Waals surface area (Å²) >= 11 is 0. The summed E-state index contributed by atoms with van der Waals surface area (Å²) in [5, 5.41) is 11.8. The lowest BCUT2D eigenvalue weighted by Crippen LogP contribution is -2.50. The minimum Gasteiger partial charge on any atom is -0.488 e. The maximum atomic E-state index is 10.7. The number of halogens is 1. The molecular formula is C10H12ClNO3. The molecule has 5 heteroatoms. The van der Waals surface area contributed by atoms with Gasteiger partial charge in [0.2, 0.25) is 0 Å². The highest BCUT2D eigenvalue weighted by Crippen LogP contribution is 2.15. The lowest BCUT2D eigenvalue weighted by molar-refractivity contribution is 0.0695. The lowest BCUT2D eigenvalue weighted by atomic mass is 10.2. The van der Waals surface area contributed by atoms with Gasteiger partial charge in [-0.15, -0.1) is 12.4 Å². The summed E-state index contributed by atoms with van der Waals surface area (Å²) in [5.74, 6) is -0.307. The molecule has 4 nitrogen and oxygen atoms in total. The number of rotatable bonds is 3. The number of carboxylic acid groups (broad SMARTS) is 1. The van der Waals surface area contributed by atoms with Crippen molar-refractivity contribution >= 4 is 18.4 Å². The predicted molar refractivity (Wildman–Crippen MR) is 57.9 cm³/mol. The second kappa shape index (κ2) is 5.00. The van der Waals surface area contributed by atoms with Crippen LogP contribution in [0.25, 0.3) is 0 Å². The van der Waals surface area contributed by atoms with Crippen molar-refractivity contribution in [2.45, 2.75) is 6.10 Å². The van der Waals surface area contributed by atoms with Gasteiger partial charge in [-0.2, -0.15) is 0 Å². The molecule has 1 heterocycles. The third-order valence-electron chi connectivity index (χ3n) is 2.13. The molecule has 0 aromatic heterocycles. The van der Waals surface area contributed by atoms with E-state index in [-0.39, 0.29) is 24.1 Å². The molecule has 0 amide bonds. The smallest absolute Gasteiger partial charge is 0.335 e. The van der Waals surface area contributed by atoms with Crippen LogP contribution >= 0.6 is 12.4 Å². The number of benzene rings is 1. The summed E-state index contributed by atoms with van der Waals surface area (Å²) in [6.45, 7) is 1.66. The van der Waals surface area contributed by atoms with Crippen LogP contribution in [0.1, 0.15) is 10.4 Å². The van der Waals surface area contributed by atoms with E-state index in [9.17, 15) is 4.79 Å². The zero-order valence-electron chi connectivity index (χ0n) is 7.97. The molecule has 0 radical (unpaired) electrons. The maximum Gasteiger partial charge on any atom is 0.335 e. The molecule has 0 atom stereocenters. The summed E-state index contributed by atoms with van der Waals surface area (Å²) in [6, 6.07) is 6.55. The van der Waals surface area contributed by atoms with E-state index in [1.54, 1.807) is 24.3 Å². The summed E-state index contributed by atoms with van der Waals surface area (Å²) < 4.78 is 5.52. The molecule has 0 aliphatic carbocycles. The van der Waals surface area contributed by atoms with Crippen molar-refractivity contribution in [2.24, 2.45) is 0 Å². The lowest BCUT2D eigenvalue weighted by Gasteiger charge is -2.27. The molecule has 1 saturated heterocycles. The molecule has 1 aliphatic heterocycles. The second-order valence-corrected chi connectivity index (χ2v) is 3.23. The monoisotopic (exact) mass is 229 g/mol. The molecule has 0 saturated carbocycles. The summed E-state index contributed by atoms with van der Waals surface area (Å²) in [4.78, 5) is 10.7. The van der Waals surface area contributed by atoms with Crippen molar-refractivity contribution in [1.82, 2.24) is 5.32 Å². The quantitative estimate of drug-likeness (QED) is 0.817. The molecule has 1 fully saturated rings. The zero-order valence-corrected chi connectivity index (χ0v) is 8.79. The molecule has 82 valence electrons. The van der Waals surface area contributed by atoms with Crippen LogP contribution < -0.4 is 10.1 Å². The fourth-order valence-electron chi connectivity index (χ4n) is 1.24. The second-order valence-electron chi connectivity index (χ2n) is 3.23. The van der Waals surface area contributed by atoms with Gasteiger partial charge in [-0.25, -0.2) is 4.79 Å². The first-order chi connectivity index (χ1) is 6.75. The van der Waals surface area contributed by atoms with Gasteiger partial charge in [0, 0.05) is 13.1 Å². The first kappa shape index (κ1) is 11.8. The van der Waals surface area contributed by atoms with E-state index in [1.165, 1.54) is 0 Å². The minimum absolute atomic E-state index is 0.